The van der Waals surface area contributed by atoms with Gasteiger partial charge in [0.25, 0.3) is 0 Å². The minimum Gasteiger partial charge on any atom is -0.384 e. The molecule has 1 aromatic rings. The van der Waals surface area contributed by atoms with Crippen LogP contribution in [0.1, 0.15) is 46.4 Å². The Morgan fingerprint density at radius 2 is 2.00 bits per heavy atom. The van der Waals surface area contributed by atoms with Gasteiger partial charge in [-0.25, -0.2) is 9.97 Å². The largest absolute Gasteiger partial charge is 0.384 e. The highest BCUT2D eigenvalue weighted by Gasteiger charge is 2.18. The zero-order chi connectivity index (χ0) is 14.3. The minimum atomic E-state index is -0.101. The van der Waals surface area contributed by atoms with E-state index in [2.05, 4.69) is 43.0 Å². The van der Waals surface area contributed by atoms with E-state index in [-0.39, 0.29) is 5.41 Å². The number of ether oxygens (including phenoxy) is 1. The van der Waals surface area contributed by atoms with Crippen LogP contribution < -0.4 is 11.1 Å². The zero-order valence-electron chi connectivity index (χ0n) is 12.5. The summed E-state index contributed by atoms with van der Waals surface area (Å²) in [5.41, 5.74) is 5.71. The monoisotopic (exact) mass is 266 g/mol. The molecule has 19 heavy (non-hydrogen) atoms. The normalized spacial score (nSPS) is 11.6. The molecule has 0 aliphatic carbocycles. The van der Waals surface area contributed by atoms with Crippen molar-refractivity contribution < 1.29 is 4.74 Å². The van der Waals surface area contributed by atoms with E-state index in [1.54, 1.807) is 6.07 Å². The predicted molar refractivity (Wildman–Crippen MR) is 79.4 cm³/mol. The van der Waals surface area contributed by atoms with Gasteiger partial charge in [0, 0.05) is 31.2 Å². The lowest BCUT2D eigenvalue weighted by Gasteiger charge is -2.18. The first-order valence-corrected chi connectivity index (χ1v) is 6.90. The Morgan fingerprint density at radius 3 is 2.63 bits per heavy atom. The number of nitrogens with one attached hydrogen (secondary N) is 1. The van der Waals surface area contributed by atoms with Crippen LogP contribution in [-0.4, -0.2) is 29.7 Å². The maximum absolute atomic E-state index is 5.81. The number of anilines is 2. The first-order chi connectivity index (χ1) is 8.93. The van der Waals surface area contributed by atoms with E-state index in [0.29, 0.717) is 5.82 Å². The van der Waals surface area contributed by atoms with Crippen molar-refractivity contribution in [3.63, 3.8) is 0 Å². The van der Waals surface area contributed by atoms with E-state index >= 15 is 0 Å². The summed E-state index contributed by atoms with van der Waals surface area (Å²) < 4.78 is 5.43. The third-order valence-electron chi connectivity index (χ3n) is 2.54. The Morgan fingerprint density at radius 1 is 1.26 bits per heavy atom. The van der Waals surface area contributed by atoms with E-state index < -0.39 is 0 Å². The average Bonchev–Trinajstić information content (AvgIpc) is 2.32. The van der Waals surface area contributed by atoms with E-state index in [1.807, 2.05) is 0 Å². The molecule has 1 aromatic heterocycles. The standard InChI is InChI=1S/C14H26N4O/c1-5-8-19-9-6-7-16-12-10-11(15)17-13(18-12)14(2,3)4/h10H,5-9H2,1-4H3,(H3,15,16,17,18). The second-order valence-corrected chi connectivity index (χ2v) is 5.64. The number of nitrogen functional groups attached to an aromatic ring is 1. The van der Waals surface area contributed by atoms with E-state index in [1.165, 1.54) is 0 Å². The summed E-state index contributed by atoms with van der Waals surface area (Å²) in [6, 6.07) is 1.77. The number of hydrogen-bond acceptors (Lipinski definition) is 5. The minimum absolute atomic E-state index is 0.101. The Bertz CT molecular complexity index is 388. The Kier molecular flexibility index (Phi) is 6.02. The number of hydrogen-bond donors (Lipinski definition) is 2. The second-order valence-electron chi connectivity index (χ2n) is 5.64. The molecular formula is C14H26N4O. The Labute approximate surface area is 116 Å². The van der Waals surface area contributed by atoms with Crippen LogP contribution in [0.25, 0.3) is 0 Å². The van der Waals surface area contributed by atoms with Crippen molar-refractivity contribution >= 4 is 11.6 Å². The molecule has 0 aromatic carbocycles. The average molecular weight is 266 g/mol. The number of rotatable bonds is 7. The fourth-order valence-electron chi connectivity index (χ4n) is 1.53. The summed E-state index contributed by atoms with van der Waals surface area (Å²) in [5.74, 6) is 2.05. The third-order valence-corrected chi connectivity index (χ3v) is 2.54. The van der Waals surface area contributed by atoms with Crippen LogP contribution in [0.15, 0.2) is 6.07 Å². The molecule has 0 fully saturated rings. The number of nitrogens with two attached hydrogens (primary N) is 1. The fourth-order valence-corrected chi connectivity index (χ4v) is 1.53. The van der Waals surface area contributed by atoms with Crippen LogP contribution in [-0.2, 0) is 10.2 Å². The lowest BCUT2D eigenvalue weighted by atomic mass is 9.96. The fraction of sp³-hybridized carbons (Fsp3) is 0.714. The van der Waals surface area contributed by atoms with Crippen LogP contribution >= 0.6 is 0 Å². The third kappa shape index (κ3) is 5.87. The van der Waals surface area contributed by atoms with Gasteiger partial charge in [0.1, 0.15) is 17.5 Å². The van der Waals surface area contributed by atoms with E-state index in [9.17, 15) is 0 Å². The van der Waals surface area contributed by atoms with Gasteiger partial charge in [-0.3, -0.25) is 0 Å². The maximum Gasteiger partial charge on any atom is 0.138 e. The summed E-state index contributed by atoms with van der Waals surface area (Å²) in [6.45, 7) is 10.8. The van der Waals surface area contributed by atoms with Crippen molar-refractivity contribution in [3.05, 3.63) is 11.9 Å². The molecule has 0 saturated carbocycles. The number of nitrogens with zero attached hydrogens (tertiary/aromatic N) is 2. The maximum atomic E-state index is 5.81. The van der Waals surface area contributed by atoms with Gasteiger partial charge >= 0.3 is 0 Å². The number of aromatic nitrogens is 2. The summed E-state index contributed by atoms with van der Waals surface area (Å²) in [6.07, 6.45) is 2.01. The van der Waals surface area contributed by atoms with Crippen LogP contribution in [0.2, 0.25) is 0 Å². The molecule has 0 bridgehead atoms. The highest BCUT2D eigenvalue weighted by atomic mass is 16.5. The van der Waals surface area contributed by atoms with Crippen molar-refractivity contribution in [3.8, 4) is 0 Å². The SMILES string of the molecule is CCCOCCCNc1cc(N)nc(C(C)(C)C)n1. The lowest BCUT2D eigenvalue weighted by molar-refractivity contribution is 0.134. The molecule has 5 heteroatoms. The summed E-state index contributed by atoms with van der Waals surface area (Å²) in [4.78, 5) is 8.77. The highest BCUT2D eigenvalue weighted by molar-refractivity contribution is 5.45. The van der Waals surface area contributed by atoms with Gasteiger partial charge in [0.15, 0.2) is 0 Å². The molecule has 0 radical (unpaired) electrons. The van der Waals surface area contributed by atoms with Gasteiger partial charge in [-0.05, 0) is 12.8 Å². The van der Waals surface area contributed by atoms with Gasteiger partial charge in [-0.2, -0.15) is 0 Å². The molecule has 0 atom stereocenters. The Hall–Kier alpha value is -1.36. The van der Waals surface area contributed by atoms with Gasteiger partial charge in [0.2, 0.25) is 0 Å². The molecule has 3 N–H and O–H groups in total. The van der Waals surface area contributed by atoms with Crippen molar-refractivity contribution in [2.24, 2.45) is 0 Å². The van der Waals surface area contributed by atoms with Crippen molar-refractivity contribution in [2.45, 2.75) is 46.0 Å². The van der Waals surface area contributed by atoms with Gasteiger partial charge < -0.3 is 15.8 Å². The Balaban J connectivity index is 2.48. The quantitative estimate of drug-likeness (QED) is 0.742. The molecule has 0 saturated heterocycles. The first-order valence-electron chi connectivity index (χ1n) is 6.90. The zero-order valence-corrected chi connectivity index (χ0v) is 12.5. The van der Waals surface area contributed by atoms with Crippen molar-refractivity contribution in [1.29, 1.82) is 0 Å². The van der Waals surface area contributed by atoms with Crippen LogP contribution in [0, 0.1) is 0 Å². The molecule has 1 heterocycles. The molecule has 108 valence electrons. The van der Waals surface area contributed by atoms with E-state index in [0.717, 1.165) is 44.2 Å². The molecule has 0 unspecified atom stereocenters. The van der Waals surface area contributed by atoms with Crippen LogP contribution in [0.4, 0.5) is 11.6 Å². The first kappa shape index (κ1) is 15.7. The molecule has 0 spiro atoms. The predicted octanol–water partition coefficient (Wildman–Crippen LogP) is 2.58. The van der Waals surface area contributed by atoms with Gasteiger partial charge in [0.05, 0.1) is 0 Å². The molecule has 0 aliphatic heterocycles. The molecular weight excluding hydrogens is 240 g/mol. The van der Waals surface area contributed by atoms with Crippen LogP contribution in [0.5, 0.6) is 0 Å². The second kappa shape index (κ2) is 7.28. The molecule has 1 rings (SSSR count). The lowest BCUT2D eigenvalue weighted by Crippen LogP contribution is -2.18. The van der Waals surface area contributed by atoms with Crippen molar-refractivity contribution in [1.82, 2.24) is 9.97 Å². The van der Waals surface area contributed by atoms with Crippen LogP contribution in [0.3, 0.4) is 0 Å². The molecule has 0 amide bonds. The summed E-state index contributed by atoms with van der Waals surface area (Å²) >= 11 is 0. The van der Waals surface area contributed by atoms with E-state index in [4.69, 9.17) is 10.5 Å². The highest BCUT2D eigenvalue weighted by Crippen LogP contribution is 2.21. The van der Waals surface area contributed by atoms with Crippen molar-refractivity contribution in [2.75, 3.05) is 30.8 Å². The smallest absolute Gasteiger partial charge is 0.138 e. The summed E-state index contributed by atoms with van der Waals surface area (Å²) in [7, 11) is 0. The van der Waals surface area contributed by atoms with Gasteiger partial charge in [-0.1, -0.05) is 27.7 Å². The topological polar surface area (TPSA) is 73.1 Å². The molecule has 5 nitrogen and oxygen atoms in total. The molecule has 0 aliphatic rings. The van der Waals surface area contributed by atoms with Gasteiger partial charge in [-0.15, -0.1) is 0 Å². The summed E-state index contributed by atoms with van der Waals surface area (Å²) in [5, 5.41) is 3.26.